The highest BCUT2D eigenvalue weighted by Crippen LogP contribution is 2.25. The summed E-state index contributed by atoms with van der Waals surface area (Å²) in [6.45, 7) is 3.27. The molecular weight excluding hydrogens is 366 g/mol. The lowest BCUT2D eigenvalue weighted by Gasteiger charge is -2.32. The fourth-order valence-corrected chi connectivity index (χ4v) is 4.84. The summed E-state index contributed by atoms with van der Waals surface area (Å²) in [5.41, 5.74) is 2.80. The van der Waals surface area contributed by atoms with Crippen LogP contribution in [0.15, 0.2) is 45.2 Å². The molecule has 4 rings (SSSR count). The number of aryl methyl sites for hydroxylation is 1. The van der Waals surface area contributed by atoms with Crippen molar-refractivity contribution in [2.24, 2.45) is 0 Å². The molecule has 1 amide bonds. The van der Waals surface area contributed by atoms with E-state index in [-0.39, 0.29) is 17.5 Å². The average Bonchev–Trinajstić information content (AvgIpc) is 3.33. The quantitative estimate of drug-likeness (QED) is 0.689. The maximum absolute atomic E-state index is 12.7. The Morgan fingerprint density at radius 2 is 1.96 bits per heavy atom. The van der Waals surface area contributed by atoms with Crippen LogP contribution in [0.3, 0.4) is 0 Å². The molecule has 0 aliphatic carbocycles. The number of carbonyl (C=O) groups excluding carboxylic acids is 1. The standard InChI is InChI=1S/C19H19N3O2S2/c1-13-6-11-26-18(13)19(24)21-8-4-15(5-9-21)22-17(23)3-2-16(20-22)14-7-10-25-12-14/h2-3,6-7,10-12,15H,4-5,8-9H2,1H3. The van der Waals surface area contributed by atoms with Crippen LogP contribution in [0.5, 0.6) is 0 Å². The van der Waals surface area contributed by atoms with Crippen molar-refractivity contribution >= 4 is 28.6 Å². The number of hydrogen-bond donors (Lipinski definition) is 0. The van der Waals surface area contributed by atoms with Crippen molar-refractivity contribution in [3.63, 3.8) is 0 Å². The Balaban J connectivity index is 1.50. The van der Waals surface area contributed by atoms with E-state index in [0.717, 1.165) is 34.5 Å². The summed E-state index contributed by atoms with van der Waals surface area (Å²) < 4.78 is 1.60. The molecule has 0 radical (unpaired) electrons. The van der Waals surface area contributed by atoms with Gasteiger partial charge in [-0.25, -0.2) is 4.68 Å². The van der Waals surface area contributed by atoms with Gasteiger partial charge in [0.1, 0.15) is 0 Å². The molecule has 134 valence electrons. The van der Waals surface area contributed by atoms with Gasteiger partial charge >= 0.3 is 0 Å². The normalized spacial score (nSPS) is 15.3. The lowest BCUT2D eigenvalue weighted by Crippen LogP contribution is -2.41. The predicted molar refractivity (Wildman–Crippen MR) is 105 cm³/mol. The molecule has 0 atom stereocenters. The molecule has 7 heteroatoms. The third kappa shape index (κ3) is 3.24. The molecule has 26 heavy (non-hydrogen) atoms. The van der Waals surface area contributed by atoms with E-state index >= 15 is 0 Å². The summed E-state index contributed by atoms with van der Waals surface area (Å²) in [6.07, 6.45) is 1.49. The Kier molecular flexibility index (Phi) is 4.74. The van der Waals surface area contributed by atoms with Crippen molar-refractivity contribution in [1.82, 2.24) is 14.7 Å². The monoisotopic (exact) mass is 385 g/mol. The first-order chi connectivity index (χ1) is 12.6. The molecule has 5 nitrogen and oxygen atoms in total. The summed E-state index contributed by atoms with van der Waals surface area (Å²) in [6, 6.07) is 7.39. The summed E-state index contributed by atoms with van der Waals surface area (Å²) in [4.78, 5) is 27.7. The molecule has 1 saturated heterocycles. The van der Waals surface area contributed by atoms with Crippen LogP contribution in [-0.2, 0) is 0 Å². The number of likely N-dealkylation sites (tertiary alicyclic amines) is 1. The van der Waals surface area contributed by atoms with Gasteiger partial charge in [-0.1, -0.05) is 0 Å². The van der Waals surface area contributed by atoms with Gasteiger partial charge in [0, 0.05) is 30.1 Å². The SMILES string of the molecule is Cc1ccsc1C(=O)N1CCC(n2nc(-c3ccsc3)ccc2=O)CC1. The number of carbonyl (C=O) groups is 1. The minimum absolute atomic E-state index is 0.0366. The Bertz CT molecular complexity index is 967. The van der Waals surface area contributed by atoms with Crippen molar-refractivity contribution in [3.05, 3.63) is 61.2 Å². The molecule has 0 unspecified atom stereocenters. The fourth-order valence-electron chi connectivity index (χ4n) is 3.30. The average molecular weight is 386 g/mol. The molecule has 3 aromatic heterocycles. The molecule has 1 aliphatic rings. The second-order valence-corrected chi connectivity index (χ2v) is 8.17. The van der Waals surface area contributed by atoms with E-state index in [9.17, 15) is 9.59 Å². The van der Waals surface area contributed by atoms with E-state index < -0.39 is 0 Å². The van der Waals surface area contributed by atoms with Crippen LogP contribution in [0.25, 0.3) is 11.3 Å². The van der Waals surface area contributed by atoms with Gasteiger partial charge in [0.15, 0.2) is 0 Å². The van der Waals surface area contributed by atoms with Crippen molar-refractivity contribution in [2.75, 3.05) is 13.1 Å². The van der Waals surface area contributed by atoms with Crippen LogP contribution in [0.4, 0.5) is 0 Å². The molecule has 0 N–H and O–H groups in total. The van der Waals surface area contributed by atoms with Gasteiger partial charge < -0.3 is 4.90 Å². The number of hydrogen-bond acceptors (Lipinski definition) is 5. The molecule has 0 bridgehead atoms. The Morgan fingerprint density at radius 3 is 2.62 bits per heavy atom. The van der Waals surface area contributed by atoms with E-state index in [1.165, 1.54) is 11.3 Å². The first-order valence-corrected chi connectivity index (χ1v) is 10.4. The topological polar surface area (TPSA) is 55.2 Å². The highest BCUT2D eigenvalue weighted by atomic mass is 32.1. The zero-order valence-corrected chi connectivity index (χ0v) is 16.1. The number of rotatable bonds is 3. The predicted octanol–water partition coefficient (Wildman–Crippen LogP) is 3.82. The van der Waals surface area contributed by atoms with Crippen molar-refractivity contribution in [3.8, 4) is 11.3 Å². The van der Waals surface area contributed by atoms with Gasteiger partial charge in [-0.05, 0) is 54.3 Å². The Labute approximate surface area is 159 Å². The zero-order chi connectivity index (χ0) is 18.1. The van der Waals surface area contributed by atoms with E-state index in [1.54, 1.807) is 28.2 Å². The number of nitrogens with zero attached hydrogens (tertiary/aromatic N) is 3. The van der Waals surface area contributed by atoms with E-state index in [4.69, 9.17) is 0 Å². The fraction of sp³-hybridized carbons (Fsp3) is 0.316. The highest BCUT2D eigenvalue weighted by molar-refractivity contribution is 7.12. The van der Waals surface area contributed by atoms with Gasteiger partial charge in [0.05, 0.1) is 16.6 Å². The van der Waals surface area contributed by atoms with Crippen LogP contribution in [0.1, 0.15) is 34.1 Å². The second kappa shape index (κ2) is 7.17. The summed E-state index contributed by atoms with van der Waals surface area (Å²) in [5.74, 6) is 0.100. The van der Waals surface area contributed by atoms with Crippen molar-refractivity contribution in [2.45, 2.75) is 25.8 Å². The molecule has 0 saturated carbocycles. The lowest BCUT2D eigenvalue weighted by atomic mass is 10.0. The van der Waals surface area contributed by atoms with E-state index in [2.05, 4.69) is 5.10 Å². The maximum Gasteiger partial charge on any atom is 0.267 e. The van der Waals surface area contributed by atoms with Gasteiger partial charge in [0.2, 0.25) is 0 Å². The number of aromatic nitrogens is 2. The third-order valence-corrected chi connectivity index (χ3v) is 6.48. The summed E-state index contributed by atoms with van der Waals surface area (Å²) >= 11 is 3.11. The number of thiophene rings is 2. The van der Waals surface area contributed by atoms with Crippen LogP contribution < -0.4 is 5.56 Å². The first kappa shape index (κ1) is 17.2. The van der Waals surface area contributed by atoms with E-state index in [0.29, 0.717) is 13.1 Å². The second-order valence-electron chi connectivity index (χ2n) is 6.47. The smallest absolute Gasteiger partial charge is 0.267 e. The molecular formula is C19H19N3O2S2. The van der Waals surface area contributed by atoms with Crippen molar-refractivity contribution < 1.29 is 4.79 Å². The first-order valence-electron chi connectivity index (χ1n) is 8.59. The largest absolute Gasteiger partial charge is 0.338 e. The van der Waals surface area contributed by atoms with Crippen LogP contribution in [0, 0.1) is 6.92 Å². The molecule has 1 aliphatic heterocycles. The van der Waals surface area contributed by atoms with Gasteiger partial charge in [-0.15, -0.1) is 11.3 Å². The lowest BCUT2D eigenvalue weighted by molar-refractivity contribution is 0.0692. The van der Waals surface area contributed by atoms with E-state index in [1.807, 2.05) is 40.1 Å². The van der Waals surface area contributed by atoms with Gasteiger partial charge in [0.25, 0.3) is 11.5 Å². The number of amides is 1. The minimum Gasteiger partial charge on any atom is -0.338 e. The summed E-state index contributed by atoms with van der Waals surface area (Å²) in [5, 5.41) is 10.6. The maximum atomic E-state index is 12.7. The molecule has 3 aromatic rings. The zero-order valence-electron chi connectivity index (χ0n) is 14.4. The molecule has 4 heterocycles. The van der Waals surface area contributed by atoms with Crippen LogP contribution >= 0.6 is 22.7 Å². The highest BCUT2D eigenvalue weighted by Gasteiger charge is 2.27. The Morgan fingerprint density at radius 1 is 1.15 bits per heavy atom. The van der Waals surface area contributed by atoms with Gasteiger partial charge in [-0.3, -0.25) is 9.59 Å². The summed E-state index contributed by atoms with van der Waals surface area (Å²) in [7, 11) is 0. The Hall–Kier alpha value is -2.25. The molecule has 0 aromatic carbocycles. The molecule has 1 fully saturated rings. The van der Waals surface area contributed by atoms with Crippen LogP contribution in [0.2, 0.25) is 0 Å². The third-order valence-electron chi connectivity index (χ3n) is 4.80. The van der Waals surface area contributed by atoms with Crippen LogP contribution in [-0.4, -0.2) is 33.7 Å². The van der Waals surface area contributed by atoms with Crippen molar-refractivity contribution in [1.29, 1.82) is 0 Å². The molecule has 0 spiro atoms. The minimum atomic E-state index is -0.0807. The van der Waals surface area contributed by atoms with Gasteiger partial charge in [-0.2, -0.15) is 16.4 Å². The number of piperidine rings is 1.